The Hall–Kier alpha value is -2.24. The van der Waals surface area contributed by atoms with Crippen molar-refractivity contribution < 1.29 is 19.1 Å². The fourth-order valence-corrected chi connectivity index (χ4v) is 2.87. The summed E-state index contributed by atoms with van der Waals surface area (Å²) in [5.74, 6) is 1.81. The molecule has 10 heteroatoms. The molecule has 0 radical (unpaired) electrons. The first-order valence-electron chi connectivity index (χ1n) is 8.62. The lowest BCUT2D eigenvalue weighted by Crippen LogP contribution is -2.43. The van der Waals surface area contributed by atoms with Crippen LogP contribution in [0.25, 0.3) is 0 Å². The number of carbonyl (C=O) groups is 2. The molecule has 156 valence electrons. The first-order valence-corrected chi connectivity index (χ1v) is 8.62. The topological polar surface area (TPSA) is 95.5 Å². The maximum atomic E-state index is 11.6. The number of hydrogen-bond acceptors (Lipinski definition) is 5. The van der Waals surface area contributed by atoms with Crippen LogP contribution in [0.1, 0.15) is 11.1 Å². The summed E-state index contributed by atoms with van der Waals surface area (Å²) in [6.07, 6.45) is 0. The average molecular weight is 505 g/mol. The van der Waals surface area contributed by atoms with Crippen molar-refractivity contribution in [3.8, 4) is 11.5 Å². The maximum Gasteiger partial charge on any atom is 0.324 e. The van der Waals surface area contributed by atoms with Crippen molar-refractivity contribution in [2.75, 3.05) is 47.9 Å². The number of aryl methyl sites for hydroxylation is 1. The molecule has 2 N–H and O–H groups in total. The minimum Gasteiger partial charge on any atom is -0.493 e. The number of methoxy groups -OCH3 is 2. The summed E-state index contributed by atoms with van der Waals surface area (Å²) in [7, 11) is 6.82. The minimum atomic E-state index is -0.355. The molecule has 0 spiro atoms. The van der Waals surface area contributed by atoms with Crippen molar-refractivity contribution in [3.63, 3.8) is 0 Å². The highest BCUT2D eigenvalue weighted by Crippen LogP contribution is 2.30. The van der Waals surface area contributed by atoms with Crippen molar-refractivity contribution in [1.82, 2.24) is 20.4 Å². The van der Waals surface area contributed by atoms with E-state index in [4.69, 9.17) is 9.47 Å². The summed E-state index contributed by atoms with van der Waals surface area (Å²) in [4.78, 5) is 30.6. The molecule has 1 aromatic rings. The number of guanidine groups is 1. The van der Waals surface area contributed by atoms with Gasteiger partial charge in [-0.1, -0.05) is 0 Å². The molecular formula is C18H28IN5O4. The molecule has 1 heterocycles. The van der Waals surface area contributed by atoms with Crippen LogP contribution in [0.15, 0.2) is 17.1 Å². The summed E-state index contributed by atoms with van der Waals surface area (Å²) in [6, 6.07) is 3.53. The zero-order valence-electron chi connectivity index (χ0n) is 16.9. The van der Waals surface area contributed by atoms with Gasteiger partial charge in [-0.25, -0.2) is 4.79 Å². The predicted octanol–water partition coefficient (Wildman–Crippen LogP) is 1.19. The summed E-state index contributed by atoms with van der Waals surface area (Å²) >= 11 is 0. The number of amides is 3. The second-order valence-electron chi connectivity index (χ2n) is 6.17. The SMILES string of the molecule is CN=C(NCCN1C(=O)CNC1=O)N(C)Cc1cc(OC)c(OC)cc1C.I. The molecule has 1 aromatic carbocycles. The van der Waals surface area contributed by atoms with Gasteiger partial charge >= 0.3 is 6.03 Å². The fraction of sp³-hybridized carbons (Fsp3) is 0.500. The number of halogens is 1. The van der Waals surface area contributed by atoms with Crippen LogP contribution in [-0.2, 0) is 11.3 Å². The van der Waals surface area contributed by atoms with E-state index in [1.54, 1.807) is 21.3 Å². The monoisotopic (exact) mass is 505 g/mol. The average Bonchev–Trinajstić information content (AvgIpc) is 2.98. The summed E-state index contributed by atoms with van der Waals surface area (Å²) < 4.78 is 10.7. The first-order chi connectivity index (χ1) is 12.9. The summed E-state index contributed by atoms with van der Waals surface area (Å²) in [6.45, 7) is 3.38. The molecule has 0 aliphatic carbocycles. The number of nitrogens with one attached hydrogen (secondary N) is 2. The van der Waals surface area contributed by atoms with Gasteiger partial charge < -0.3 is 25.0 Å². The van der Waals surface area contributed by atoms with E-state index in [2.05, 4.69) is 15.6 Å². The van der Waals surface area contributed by atoms with Gasteiger partial charge in [-0.15, -0.1) is 24.0 Å². The first kappa shape index (κ1) is 23.8. The van der Waals surface area contributed by atoms with E-state index in [-0.39, 0.29) is 49.0 Å². The smallest absolute Gasteiger partial charge is 0.324 e. The molecule has 9 nitrogen and oxygen atoms in total. The lowest BCUT2D eigenvalue weighted by Gasteiger charge is -2.24. The largest absolute Gasteiger partial charge is 0.493 e. The zero-order valence-corrected chi connectivity index (χ0v) is 19.2. The second-order valence-corrected chi connectivity index (χ2v) is 6.17. The molecule has 3 amide bonds. The third kappa shape index (κ3) is 5.63. The molecule has 1 aliphatic rings. The normalized spacial score (nSPS) is 13.8. The Bertz CT molecular complexity index is 725. The van der Waals surface area contributed by atoms with Crippen LogP contribution in [0.5, 0.6) is 11.5 Å². The number of urea groups is 1. The van der Waals surface area contributed by atoms with Crippen molar-refractivity contribution in [2.45, 2.75) is 13.5 Å². The van der Waals surface area contributed by atoms with Gasteiger partial charge in [0, 0.05) is 33.7 Å². The Balaban J connectivity index is 0.00000392. The summed E-state index contributed by atoms with van der Waals surface area (Å²) in [5, 5.41) is 5.67. The fourth-order valence-electron chi connectivity index (χ4n) is 2.87. The van der Waals surface area contributed by atoms with Gasteiger partial charge in [0.2, 0.25) is 5.91 Å². The maximum absolute atomic E-state index is 11.6. The zero-order chi connectivity index (χ0) is 20.0. The van der Waals surface area contributed by atoms with E-state index in [9.17, 15) is 9.59 Å². The Kier molecular flexibility index (Phi) is 9.29. The van der Waals surface area contributed by atoms with E-state index in [0.717, 1.165) is 11.1 Å². The Morgan fingerprint density at radius 3 is 2.46 bits per heavy atom. The van der Waals surface area contributed by atoms with Crippen LogP contribution in [-0.4, -0.2) is 75.6 Å². The van der Waals surface area contributed by atoms with Gasteiger partial charge in [-0.3, -0.25) is 14.7 Å². The molecule has 0 aromatic heterocycles. The highest BCUT2D eigenvalue weighted by molar-refractivity contribution is 14.0. The van der Waals surface area contributed by atoms with Crippen LogP contribution < -0.4 is 20.1 Å². The molecule has 1 aliphatic heterocycles. The number of hydrogen-bond donors (Lipinski definition) is 2. The number of nitrogens with zero attached hydrogens (tertiary/aromatic N) is 3. The molecule has 0 atom stereocenters. The molecule has 28 heavy (non-hydrogen) atoms. The quantitative estimate of drug-likeness (QED) is 0.250. The van der Waals surface area contributed by atoms with E-state index >= 15 is 0 Å². The van der Waals surface area contributed by atoms with E-state index in [0.29, 0.717) is 30.5 Å². The lowest BCUT2D eigenvalue weighted by molar-refractivity contribution is -0.124. The minimum absolute atomic E-state index is 0. The summed E-state index contributed by atoms with van der Waals surface area (Å²) in [5.41, 5.74) is 2.15. The van der Waals surface area contributed by atoms with Crippen molar-refractivity contribution in [3.05, 3.63) is 23.3 Å². The third-order valence-electron chi connectivity index (χ3n) is 4.38. The standard InChI is InChI=1S/C18H27N5O4.HI/c1-12-8-14(26-4)15(27-5)9-13(12)11-22(3)17(19-2)20-6-7-23-16(24)10-21-18(23)25;/h8-9H,6-7,10-11H2,1-5H3,(H,19,20)(H,21,25);1H. The van der Waals surface area contributed by atoms with Gasteiger partial charge in [0.05, 0.1) is 20.8 Å². The molecule has 2 rings (SSSR count). The van der Waals surface area contributed by atoms with Crippen LogP contribution in [0.2, 0.25) is 0 Å². The van der Waals surface area contributed by atoms with Crippen LogP contribution in [0, 0.1) is 6.92 Å². The van der Waals surface area contributed by atoms with Gasteiger partial charge in [0.25, 0.3) is 0 Å². The van der Waals surface area contributed by atoms with Gasteiger partial charge in [0.15, 0.2) is 17.5 Å². The van der Waals surface area contributed by atoms with Gasteiger partial charge in [-0.05, 0) is 30.2 Å². The number of ether oxygens (including phenoxy) is 2. The lowest BCUT2D eigenvalue weighted by atomic mass is 10.1. The van der Waals surface area contributed by atoms with Crippen molar-refractivity contribution in [2.24, 2.45) is 4.99 Å². The molecular weight excluding hydrogens is 477 g/mol. The predicted molar refractivity (Wildman–Crippen MR) is 118 cm³/mol. The van der Waals surface area contributed by atoms with E-state index < -0.39 is 0 Å². The number of rotatable bonds is 7. The number of imide groups is 1. The Morgan fingerprint density at radius 2 is 1.93 bits per heavy atom. The molecule has 0 unspecified atom stereocenters. The molecule has 0 saturated carbocycles. The van der Waals surface area contributed by atoms with Gasteiger partial charge in [0.1, 0.15) is 0 Å². The highest BCUT2D eigenvalue weighted by Gasteiger charge is 2.27. The second kappa shape index (κ2) is 10.9. The third-order valence-corrected chi connectivity index (χ3v) is 4.38. The van der Waals surface area contributed by atoms with Crippen LogP contribution in [0.4, 0.5) is 4.79 Å². The molecule has 1 fully saturated rings. The van der Waals surface area contributed by atoms with Crippen LogP contribution in [0.3, 0.4) is 0 Å². The van der Waals surface area contributed by atoms with Crippen molar-refractivity contribution in [1.29, 1.82) is 0 Å². The van der Waals surface area contributed by atoms with Crippen LogP contribution >= 0.6 is 24.0 Å². The number of carbonyl (C=O) groups excluding carboxylic acids is 2. The van der Waals surface area contributed by atoms with E-state index in [1.165, 1.54) is 4.90 Å². The molecule has 0 bridgehead atoms. The number of benzene rings is 1. The van der Waals surface area contributed by atoms with Crippen molar-refractivity contribution >= 4 is 41.9 Å². The highest BCUT2D eigenvalue weighted by atomic mass is 127. The Labute approximate surface area is 182 Å². The van der Waals surface area contributed by atoms with E-state index in [1.807, 2.05) is 31.0 Å². The molecule has 1 saturated heterocycles. The van der Waals surface area contributed by atoms with Gasteiger partial charge in [-0.2, -0.15) is 0 Å². The Morgan fingerprint density at radius 1 is 1.29 bits per heavy atom. The number of aliphatic imine (C=N–C) groups is 1.